The molecular weight excluding hydrogens is 312 g/mol. The highest BCUT2D eigenvalue weighted by Gasteiger charge is 2.14. The number of rotatable bonds is 9. The zero-order valence-electron chi connectivity index (χ0n) is 16.4. The molecule has 0 spiro atoms. The van der Waals surface area contributed by atoms with E-state index in [9.17, 15) is 0 Å². The zero-order valence-corrected chi connectivity index (χ0v) is 16.4. The van der Waals surface area contributed by atoms with Gasteiger partial charge < -0.3 is 15.2 Å². The summed E-state index contributed by atoms with van der Waals surface area (Å²) in [5.74, 6) is 3.15. The second-order valence-electron chi connectivity index (χ2n) is 7.14. The lowest BCUT2D eigenvalue weighted by molar-refractivity contribution is 0.536. The molecule has 0 saturated carbocycles. The van der Waals surface area contributed by atoms with Gasteiger partial charge in [-0.15, -0.1) is 10.2 Å². The molecule has 1 aliphatic heterocycles. The summed E-state index contributed by atoms with van der Waals surface area (Å²) in [5.41, 5.74) is 0. The Morgan fingerprint density at radius 2 is 2.08 bits per heavy atom. The fourth-order valence-corrected chi connectivity index (χ4v) is 3.40. The van der Waals surface area contributed by atoms with Gasteiger partial charge in [0, 0.05) is 39.0 Å². The summed E-state index contributed by atoms with van der Waals surface area (Å²) in [6.45, 7) is 6.39. The van der Waals surface area contributed by atoms with Crippen LogP contribution in [-0.2, 0) is 19.4 Å². The number of nitrogens with zero attached hydrogens (tertiary/aromatic N) is 4. The number of nitrogens with one attached hydrogen (secondary N) is 2. The van der Waals surface area contributed by atoms with Gasteiger partial charge in [-0.3, -0.25) is 4.99 Å². The smallest absolute Gasteiger partial charge is 0.191 e. The van der Waals surface area contributed by atoms with Gasteiger partial charge in [-0.05, 0) is 26.2 Å². The van der Waals surface area contributed by atoms with Gasteiger partial charge in [-0.25, -0.2) is 0 Å². The molecule has 0 radical (unpaired) electrons. The van der Waals surface area contributed by atoms with Crippen LogP contribution >= 0.6 is 0 Å². The molecule has 2 N–H and O–H groups in total. The molecule has 1 aromatic heterocycles. The Bertz CT molecular complexity index is 522. The van der Waals surface area contributed by atoms with Crippen molar-refractivity contribution in [3.05, 3.63) is 11.6 Å². The van der Waals surface area contributed by atoms with Crippen LogP contribution in [0, 0.1) is 0 Å². The molecule has 2 rings (SSSR count). The van der Waals surface area contributed by atoms with E-state index in [0.29, 0.717) is 6.04 Å². The van der Waals surface area contributed by atoms with E-state index in [2.05, 4.69) is 44.2 Å². The average molecular weight is 349 g/mol. The summed E-state index contributed by atoms with van der Waals surface area (Å²) >= 11 is 0. The summed E-state index contributed by atoms with van der Waals surface area (Å²) < 4.78 is 2.32. The van der Waals surface area contributed by atoms with E-state index < -0.39 is 0 Å². The lowest BCUT2D eigenvalue weighted by Crippen LogP contribution is -2.43. The molecule has 142 valence electrons. The fourth-order valence-electron chi connectivity index (χ4n) is 3.40. The van der Waals surface area contributed by atoms with Gasteiger partial charge in [0.15, 0.2) is 5.96 Å². The van der Waals surface area contributed by atoms with Crippen molar-refractivity contribution in [2.45, 2.75) is 90.6 Å². The van der Waals surface area contributed by atoms with E-state index >= 15 is 0 Å². The number of aliphatic imine (C=N–C) groups is 1. The van der Waals surface area contributed by atoms with Gasteiger partial charge in [-0.2, -0.15) is 0 Å². The largest absolute Gasteiger partial charge is 0.356 e. The lowest BCUT2D eigenvalue weighted by Gasteiger charge is -2.18. The minimum atomic E-state index is 0.451. The first kappa shape index (κ1) is 19.7. The molecule has 0 fully saturated rings. The number of hydrogen-bond acceptors (Lipinski definition) is 3. The third kappa shape index (κ3) is 6.67. The Kier molecular flexibility index (Phi) is 8.77. The van der Waals surface area contributed by atoms with Gasteiger partial charge in [0.25, 0.3) is 0 Å². The SMILES string of the molecule is CCCCCCC(C)NC(=NC)NCCc1nnc2n1CCCCC2. The van der Waals surface area contributed by atoms with Gasteiger partial charge in [0.05, 0.1) is 0 Å². The first-order valence-corrected chi connectivity index (χ1v) is 10.1. The first-order valence-electron chi connectivity index (χ1n) is 10.1. The van der Waals surface area contributed by atoms with Crippen LogP contribution in [0.25, 0.3) is 0 Å². The van der Waals surface area contributed by atoms with E-state index in [1.807, 2.05) is 7.05 Å². The number of guanidine groups is 1. The van der Waals surface area contributed by atoms with Gasteiger partial charge in [0.2, 0.25) is 0 Å². The van der Waals surface area contributed by atoms with E-state index in [0.717, 1.165) is 43.5 Å². The maximum atomic E-state index is 4.39. The highest BCUT2D eigenvalue weighted by molar-refractivity contribution is 5.79. The number of aromatic nitrogens is 3. The second kappa shape index (κ2) is 11.1. The van der Waals surface area contributed by atoms with Crippen LogP contribution in [0.4, 0.5) is 0 Å². The molecular formula is C19H36N6. The van der Waals surface area contributed by atoms with Crippen LogP contribution in [0.2, 0.25) is 0 Å². The van der Waals surface area contributed by atoms with Crippen molar-refractivity contribution in [1.82, 2.24) is 25.4 Å². The Labute approximate surface area is 152 Å². The summed E-state index contributed by atoms with van der Waals surface area (Å²) in [6.07, 6.45) is 12.2. The fraction of sp³-hybridized carbons (Fsp3) is 0.842. The molecule has 0 saturated heterocycles. The van der Waals surface area contributed by atoms with Crippen LogP contribution in [0.5, 0.6) is 0 Å². The minimum Gasteiger partial charge on any atom is -0.356 e. The van der Waals surface area contributed by atoms with Crippen molar-refractivity contribution in [3.63, 3.8) is 0 Å². The Morgan fingerprint density at radius 3 is 2.88 bits per heavy atom. The average Bonchev–Trinajstić information content (AvgIpc) is 2.84. The van der Waals surface area contributed by atoms with Crippen LogP contribution in [-0.4, -0.2) is 40.4 Å². The number of unbranched alkanes of at least 4 members (excludes halogenated alkanes) is 3. The van der Waals surface area contributed by atoms with Gasteiger partial charge in [0.1, 0.15) is 11.6 Å². The summed E-state index contributed by atoms with van der Waals surface area (Å²) in [7, 11) is 1.84. The van der Waals surface area contributed by atoms with Crippen molar-refractivity contribution < 1.29 is 0 Å². The number of hydrogen-bond donors (Lipinski definition) is 2. The zero-order chi connectivity index (χ0) is 17.9. The maximum absolute atomic E-state index is 4.39. The molecule has 1 aromatic rings. The van der Waals surface area contributed by atoms with Gasteiger partial charge >= 0.3 is 0 Å². The van der Waals surface area contributed by atoms with Crippen molar-refractivity contribution >= 4 is 5.96 Å². The van der Waals surface area contributed by atoms with Crippen molar-refractivity contribution in [2.75, 3.05) is 13.6 Å². The number of aryl methyl sites for hydroxylation is 1. The molecule has 0 aliphatic carbocycles. The highest BCUT2D eigenvalue weighted by atomic mass is 15.3. The first-order chi connectivity index (χ1) is 12.2. The quantitative estimate of drug-likeness (QED) is 0.409. The Morgan fingerprint density at radius 1 is 1.20 bits per heavy atom. The van der Waals surface area contributed by atoms with Gasteiger partial charge in [-0.1, -0.05) is 39.0 Å². The van der Waals surface area contributed by atoms with E-state index in [1.165, 1.54) is 51.4 Å². The topological polar surface area (TPSA) is 67.1 Å². The van der Waals surface area contributed by atoms with Crippen LogP contribution in [0.1, 0.15) is 76.9 Å². The van der Waals surface area contributed by atoms with Crippen LogP contribution < -0.4 is 10.6 Å². The molecule has 0 amide bonds. The molecule has 1 unspecified atom stereocenters. The third-order valence-electron chi connectivity index (χ3n) is 4.92. The standard InChI is InChI=1S/C19H36N6/c1-4-5-6-8-11-16(2)22-19(20-3)21-14-13-18-24-23-17-12-9-7-10-15-25(17)18/h16H,4-15H2,1-3H3,(H2,20,21,22). The van der Waals surface area contributed by atoms with Crippen molar-refractivity contribution in [3.8, 4) is 0 Å². The van der Waals surface area contributed by atoms with Crippen LogP contribution in [0.3, 0.4) is 0 Å². The molecule has 25 heavy (non-hydrogen) atoms. The summed E-state index contributed by atoms with van der Waals surface area (Å²) in [6, 6.07) is 0.451. The molecule has 0 aromatic carbocycles. The molecule has 2 heterocycles. The highest BCUT2D eigenvalue weighted by Crippen LogP contribution is 2.14. The van der Waals surface area contributed by atoms with E-state index in [4.69, 9.17) is 0 Å². The van der Waals surface area contributed by atoms with Crippen LogP contribution in [0.15, 0.2) is 4.99 Å². The van der Waals surface area contributed by atoms with E-state index in [-0.39, 0.29) is 0 Å². The summed E-state index contributed by atoms with van der Waals surface area (Å²) in [5, 5.41) is 15.7. The Balaban J connectivity index is 1.71. The normalized spacial score (nSPS) is 16.2. The predicted molar refractivity (Wildman–Crippen MR) is 104 cm³/mol. The maximum Gasteiger partial charge on any atom is 0.191 e. The molecule has 1 atom stereocenters. The number of fused-ring (bicyclic) bond motifs is 1. The second-order valence-corrected chi connectivity index (χ2v) is 7.14. The molecule has 1 aliphatic rings. The molecule has 0 bridgehead atoms. The minimum absolute atomic E-state index is 0.451. The Hall–Kier alpha value is -1.59. The van der Waals surface area contributed by atoms with E-state index in [1.54, 1.807) is 0 Å². The predicted octanol–water partition coefficient (Wildman–Crippen LogP) is 3.07. The summed E-state index contributed by atoms with van der Waals surface area (Å²) in [4.78, 5) is 4.35. The third-order valence-corrected chi connectivity index (χ3v) is 4.92. The molecule has 6 heteroatoms. The molecule has 6 nitrogen and oxygen atoms in total. The van der Waals surface area contributed by atoms with Crippen molar-refractivity contribution in [2.24, 2.45) is 4.99 Å². The van der Waals surface area contributed by atoms with Crippen molar-refractivity contribution in [1.29, 1.82) is 0 Å². The lowest BCUT2D eigenvalue weighted by atomic mass is 10.1. The monoisotopic (exact) mass is 348 g/mol.